The van der Waals surface area contributed by atoms with E-state index in [-0.39, 0.29) is 5.69 Å². The summed E-state index contributed by atoms with van der Waals surface area (Å²) in [6.07, 6.45) is 3.52. The van der Waals surface area contributed by atoms with Gasteiger partial charge in [-0.05, 0) is 18.8 Å². The maximum absolute atomic E-state index is 10.9. The normalized spacial score (nSPS) is 22.4. The highest BCUT2D eigenvalue weighted by atomic mass is 16.6. The Morgan fingerprint density at radius 2 is 2.24 bits per heavy atom. The van der Waals surface area contributed by atoms with Crippen LogP contribution in [0.5, 0.6) is 0 Å². The molecule has 7 nitrogen and oxygen atoms in total. The Bertz CT molecular complexity index is 474. The number of aromatic nitrogens is 2. The fourth-order valence-electron chi connectivity index (χ4n) is 2.46. The van der Waals surface area contributed by atoms with Crippen molar-refractivity contribution in [1.29, 1.82) is 0 Å². The highest BCUT2D eigenvalue weighted by Crippen LogP contribution is 2.46. The molecule has 92 valence electrons. The summed E-state index contributed by atoms with van der Waals surface area (Å²) in [5, 5.41) is 25.1. The second-order valence-electron chi connectivity index (χ2n) is 5.00. The zero-order chi connectivity index (χ0) is 12.2. The summed E-state index contributed by atoms with van der Waals surface area (Å²) in [6.45, 7) is 0.908. The first kappa shape index (κ1) is 10.5. The van der Waals surface area contributed by atoms with Gasteiger partial charge in [0.25, 0.3) is 0 Å². The van der Waals surface area contributed by atoms with Crippen LogP contribution in [0.3, 0.4) is 0 Å². The minimum Gasteiger partial charge on any atom is -0.386 e. The fourth-order valence-corrected chi connectivity index (χ4v) is 2.46. The topological polar surface area (TPSA) is 84.4 Å². The first-order chi connectivity index (χ1) is 7.99. The summed E-state index contributed by atoms with van der Waals surface area (Å²) in [6, 6.07) is 0. The van der Waals surface area contributed by atoms with Crippen LogP contribution in [0.15, 0.2) is 6.20 Å². The summed E-state index contributed by atoms with van der Waals surface area (Å²) in [7, 11) is 1.66. The average molecular weight is 238 g/mol. The van der Waals surface area contributed by atoms with Crippen molar-refractivity contribution in [2.75, 3.05) is 18.0 Å². The summed E-state index contributed by atoms with van der Waals surface area (Å²) in [5.74, 6) is 0.740. The Morgan fingerprint density at radius 3 is 2.76 bits per heavy atom. The molecule has 3 rings (SSSR count). The van der Waals surface area contributed by atoms with Crippen LogP contribution >= 0.6 is 0 Å². The van der Waals surface area contributed by atoms with Crippen LogP contribution in [0.4, 0.5) is 11.5 Å². The van der Waals surface area contributed by atoms with Gasteiger partial charge in [0.15, 0.2) is 0 Å². The minimum atomic E-state index is -0.647. The third kappa shape index (κ3) is 1.57. The minimum absolute atomic E-state index is 0.00495. The summed E-state index contributed by atoms with van der Waals surface area (Å²) >= 11 is 0. The third-order valence-electron chi connectivity index (χ3n) is 3.55. The van der Waals surface area contributed by atoms with Crippen molar-refractivity contribution in [2.45, 2.75) is 18.4 Å². The van der Waals surface area contributed by atoms with Gasteiger partial charge in [-0.25, -0.2) is 0 Å². The van der Waals surface area contributed by atoms with Gasteiger partial charge in [0.05, 0.1) is 18.0 Å². The van der Waals surface area contributed by atoms with Crippen molar-refractivity contribution >= 4 is 11.5 Å². The molecule has 0 atom stereocenters. The SMILES string of the molecule is Cn1cc([N+](=O)[O-])c(N2CC(O)(C3CC3)C2)n1. The molecule has 1 saturated heterocycles. The van der Waals surface area contributed by atoms with Gasteiger partial charge in [-0.2, -0.15) is 0 Å². The van der Waals surface area contributed by atoms with Crippen LogP contribution in [0.1, 0.15) is 12.8 Å². The standard InChI is InChI=1S/C10H14N4O3/c1-12-4-8(14(16)17)9(11-12)13-5-10(15,6-13)7-2-3-7/h4,7,15H,2-3,5-6H2,1H3. The molecule has 17 heavy (non-hydrogen) atoms. The second-order valence-corrected chi connectivity index (χ2v) is 5.00. The van der Waals surface area contributed by atoms with E-state index in [0.29, 0.717) is 24.8 Å². The van der Waals surface area contributed by atoms with Gasteiger partial charge in [0, 0.05) is 7.05 Å². The van der Waals surface area contributed by atoms with Gasteiger partial charge in [0.1, 0.15) is 11.8 Å². The smallest absolute Gasteiger partial charge is 0.330 e. The van der Waals surface area contributed by atoms with E-state index in [2.05, 4.69) is 5.10 Å². The van der Waals surface area contributed by atoms with E-state index >= 15 is 0 Å². The van der Waals surface area contributed by atoms with Crippen molar-refractivity contribution in [1.82, 2.24) is 9.78 Å². The van der Waals surface area contributed by atoms with Crippen LogP contribution in [-0.2, 0) is 7.05 Å². The van der Waals surface area contributed by atoms with Crippen LogP contribution < -0.4 is 4.90 Å². The van der Waals surface area contributed by atoms with E-state index < -0.39 is 10.5 Å². The molecule has 0 amide bonds. The average Bonchev–Trinajstić information content (AvgIpc) is 2.97. The molecule has 2 aliphatic rings. The number of nitro groups is 1. The van der Waals surface area contributed by atoms with E-state index in [9.17, 15) is 15.2 Å². The van der Waals surface area contributed by atoms with Gasteiger partial charge in [-0.15, -0.1) is 5.10 Å². The molecule has 1 aromatic rings. The van der Waals surface area contributed by atoms with Gasteiger partial charge in [0.2, 0.25) is 5.82 Å². The quantitative estimate of drug-likeness (QED) is 0.604. The van der Waals surface area contributed by atoms with Gasteiger partial charge in [-0.1, -0.05) is 0 Å². The maximum Gasteiger partial charge on any atom is 0.330 e. The number of aryl methyl sites for hydroxylation is 1. The predicted molar refractivity (Wildman–Crippen MR) is 59.7 cm³/mol. The van der Waals surface area contributed by atoms with Crippen molar-refractivity contribution in [3.05, 3.63) is 16.3 Å². The lowest BCUT2D eigenvalue weighted by Gasteiger charge is -2.46. The van der Waals surface area contributed by atoms with E-state index in [1.54, 1.807) is 11.9 Å². The Balaban J connectivity index is 1.80. The highest BCUT2D eigenvalue weighted by molar-refractivity contribution is 5.59. The first-order valence-electron chi connectivity index (χ1n) is 5.65. The van der Waals surface area contributed by atoms with Crippen LogP contribution in [-0.4, -0.2) is 38.5 Å². The molecule has 0 bridgehead atoms. The molecule has 1 aromatic heterocycles. The molecule has 7 heteroatoms. The number of hydrogen-bond acceptors (Lipinski definition) is 5. The fraction of sp³-hybridized carbons (Fsp3) is 0.700. The molecular weight excluding hydrogens is 224 g/mol. The number of rotatable bonds is 3. The van der Waals surface area contributed by atoms with Crippen LogP contribution in [0.2, 0.25) is 0 Å². The number of aliphatic hydroxyl groups is 1. The van der Waals surface area contributed by atoms with Gasteiger partial charge < -0.3 is 10.0 Å². The molecule has 0 spiro atoms. The summed E-state index contributed by atoms with van der Waals surface area (Å²) in [4.78, 5) is 12.2. The molecule has 1 saturated carbocycles. The van der Waals surface area contributed by atoms with E-state index in [0.717, 1.165) is 12.8 Å². The monoisotopic (exact) mass is 238 g/mol. The summed E-state index contributed by atoms with van der Waals surface area (Å²) in [5.41, 5.74) is -0.642. The molecule has 1 aliphatic heterocycles. The van der Waals surface area contributed by atoms with E-state index in [1.165, 1.54) is 10.9 Å². The molecule has 0 aromatic carbocycles. The molecule has 1 aliphatic carbocycles. The number of β-amino-alcohol motifs (C(OH)–C–C–N with tert-alkyl or cyclic N) is 1. The molecule has 0 radical (unpaired) electrons. The molecular formula is C10H14N4O3. The lowest BCUT2D eigenvalue weighted by atomic mass is 9.89. The van der Waals surface area contributed by atoms with Gasteiger partial charge >= 0.3 is 5.69 Å². The summed E-state index contributed by atoms with van der Waals surface area (Å²) < 4.78 is 1.43. The third-order valence-corrected chi connectivity index (χ3v) is 3.55. The lowest BCUT2D eigenvalue weighted by molar-refractivity contribution is -0.384. The van der Waals surface area contributed by atoms with Crippen LogP contribution in [0.25, 0.3) is 0 Å². The van der Waals surface area contributed by atoms with Crippen molar-refractivity contribution in [3.8, 4) is 0 Å². The Labute approximate surface area is 97.8 Å². The molecule has 0 unspecified atom stereocenters. The van der Waals surface area contributed by atoms with Crippen LogP contribution in [0, 0.1) is 16.0 Å². The Hall–Kier alpha value is -1.63. The Kier molecular flexibility index (Phi) is 1.97. The van der Waals surface area contributed by atoms with Crippen molar-refractivity contribution in [2.24, 2.45) is 13.0 Å². The predicted octanol–water partition coefficient (Wildman–Crippen LogP) is 0.289. The molecule has 1 N–H and O–H groups in total. The zero-order valence-electron chi connectivity index (χ0n) is 9.54. The molecule has 2 fully saturated rings. The largest absolute Gasteiger partial charge is 0.386 e. The van der Waals surface area contributed by atoms with Crippen molar-refractivity contribution < 1.29 is 10.0 Å². The maximum atomic E-state index is 10.9. The van der Waals surface area contributed by atoms with E-state index in [4.69, 9.17) is 0 Å². The lowest BCUT2D eigenvalue weighted by Crippen LogP contribution is -2.63. The number of nitrogens with zero attached hydrogens (tertiary/aromatic N) is 4. The second kappa shape index (κ2) is 3.19. The zero-order valence-corrected chi connectivity index (χ0v) is 9.54. The number of anilines is 1. The van der Waals surface area contributed by atoms with Gasteiger partial charge in [-0.3, -0.25) is 14.8 Å². The first-order valence-corrected chi connectivity index (χ1v) is 5.65. The Morgan fingerprint density at radius 1 is 1.59 bits per heavy atom. The highest BCUT2D eigenvalue weighted by Gasteiger charge is 2.53. The molecule has 2 heterocycles. The number of hydrogen-bond donors (Lipinski definition) is 1. The van der Waals surface area contributed by atoms with E-state index in [1.807, 2.05) is 0 Å². The van der Waals surface area contributed by atoms with Crippen molar-refractivity contribution in [3.63, 3.8) is 0 Å².